The first-order valence-corrected chi connectivity index (χ1v) is 9.35. The quantitative estimate of drug-likeness (QED) is 0.882. The Labute approximate surface area is 157 Å². The summed E-state index contributed by atoms with van der Waals surface area (Å²) in [5.74, 6) is 1.89. The van der Waals surface area contributed by atoms with Gasteiger partial charge in [0.05, 0.1) is 7.11 Å². The molecule has 4 heteroatoms. The largest absolute Gasteiger partial charge is 0.496 e. The fourth-order valence-corrected chi connectivity index (χ4v) is 4.52. The van der Waals surface area contributed by atoms with Gasteiger partial charge in [-0.1, -0.05) is 30.3 Å². The minimum absolute atomic E-state index is 0. The predicted molar refractivity (Wildman–Crippen MR) is 107 cm³/mol. The smallest absolute Gasteiger partial charge is 0.123 e. The molecule has 0 spiro atoms. The van der Waals surface area contributed by atoms with E-state index in [1.165, 1.54) is 61.7 Å². The molecule has 0 saturated carbocycles. The molecule has 3 nitrogen and oxygen atoms in total. The standard InChI is InChI=1S/C21H28N2O.ClH/c1-24-21-9-8-16-5-2-3-6-18(16)19(21)15-23-13-10-17(11-14-23)20-7-4-12-22-20;/h2-3,5-6,8-9,17,20,22H,4,7,10-15H2,1H3;1H. The number of hydrogen-bond acceptors (Lipinski definition) is 3. The van der Waals surface area contributed by atoms with Gasteiger partial charge in [0.1, 0.15) is 5.75 Å². The molecule has 136 valence electrons. The zero-order valence-corrected chi connectivity index (χ0v) is 15.9. The molecule has 2 fully saturated rings. The van der Waals surface area contributed by atoms with E-state index in [1.807, 2.05) is 0 Å². The van der Waals surface area contributed by atoms with Crippen LogP contribution >= 0.6 is 12.4 Å². The average molecular weight is 361 g/mol. The monoisotopic (exact) mass is 360 g/mol. The zero-order chi connectivity index (χ0) is 16.4. The molecule has 0 bridgehead atoms. The zero-order valence-electron chi connectivity index (χ0n) is 15.0. The van der Waals surface area contributed by atoms with Gasteiger partial charge in [0.25, 0.3) is 0 Å². The number of hydrogen-bond donors (Lipinski definition) is 1. The fourth-order valence-electron chi connectivity index (χ4n) is 4.52. The number of fused-ring (bicyclic) bond motifs is 1. The lowest BCUT2D eigenvalue weighted by molar-refractivity contribution is 0.156. The van der Waals surface area contributed by atoms with Crippen molar-refractivity contribution in [2.24, 2.45) is 5.92 Å². The highest BCUT2D eigenvalue weighted by Gasteiger charge is 2.28. The highest BCUT2D eigenvalue weighted by Crippen LogP contribution is 2.31. The van der Waals surface area contributed by atoms with E-state index in [1.54, 1.807) is 7.11 Å². The number of methoxy groups -OCH3 is 1. The second kappa shape index (κ2) is 8.39. The minimum atomic E-state index is 0. The van der Waals surface area contributed by atoms with E-state index in [2.05, 4.69) is 46.6 Å². The van der Waals surface area contributed by atoms with Crippen LogP contribution in [0.3, 0.4) is 0 Å². The summed E-state index contributed by atoms with van der Waals surface area (Å²) >= 11 is 0. The first-order chi connectivity index (χ1) is 11.8. The van der Waals surface area contributed by atoms with E-state index in [4.69, 9.17) is 4.74 Å². The Balaban J connectivity index is 0.00000182. The molecule has 2 aromatic carbocycles. The molecule has 2 saturated heterocycles. The van der Waals surface area contributed by atoms with Crippen molar-refractivity contribution in [3.05, 3.63) is 42.0 Å². The molecule has 4 rings (SSSR count). The van der Waals surface area contributed by atoms with E-state index in [0.29, 0.717) is 0 Å². The Morgan fingerprint density at radius 1 is 1.08 bits per heavy atom. The van der Waals surface area contributed by atoms with Gasteiger partial charge in [-0.3, -0.25) is 4.90 Å². The van der Waals surface area contributed by atoms with Crippen LogP contribution in [-0.2, 0) is 6.54 Å². The van der Waals surface area contributed by atoms with E-state index in [9.17, 15) is 0 Å². The van der Waals surface area contributed by atoms with E-state index >= 15 is 0 Å². The Hall–Kier alpha value is -1.29. The normalized spacial score (nSPS) is 22.0. The van der Waals surface area contributed by atoms with E-state index in [-0.39, 0.29) is 12.4 Å². The molecule has 1 atom stereocenters. The van der Waals surface area contributed by atoms with Crippen LogP contribution in [-0.4, -0.2) is 37.7 Å². The first kappa shape index (κ1) is 18.5. The fraction of sp³-hybridized carbons (Fsp3) is 0.524. The minimum Gasteiger partial charge on any atom is -0.496 e. The first-order valence-electron chi connectivity index (χ1n) is 9.35. The topological polar surface area (TPSA) is 24.5 Å². The summed E-state index contributed by atoms with van der Waals surface area (Å²) in [6.45, 7) is 4.62. The van der Waals surface area contributed by atoms with Gasteiger partial charge < -0.3 is 10.1 Å². The number of rotatable bonds is 4. The molecular formula is C21H29ClN2O. The van der Waals surface area contributed by atoms with Gasteiger partial charge in [0, 0.05) is 18.2 Å². The third-order valence-electron chi connectivity index (χ3n) is 5.90. The van der Waals surface area contributed by atoms with Gasteiger partial charge in [0.15, 0.2) is 0 Å². The predicted octanol–water partition coefficient (Wildman–Crippen LogP) is 4.23. The molecule has 25 heavy (non-hydrogen) atoms. The molecule has 2 aromatic rings. The summed E-state index contributed by atoms with van der Waals surface area (Å²) < 4.78 is 5.66. The maximum Gasteiger partial charge on any atom is 0.123 e. The number of ether oxygens (including phenoxy) is 1. The summed E-state index contributed by atoms with van der Waals surface area (Å²) in [6, 6.07) is 13.7. The van der Waals surface area contributed by atoms with Crippen LogP contribution in [0.4, 0.5) is 0 Å². The third kappa shape index (κ3) is 3.94. The van der Waals surface area contributed by atoms with Crippen LogP contribution in [0.25, 0.3) is 10.8 Å². The van der Waals surface area contributed by atoms with E-state index < -0.39 is 0 Å². The van der Waals surface area contributed by atoms with Crippen molar-refractivity contribution >= 4 is 23.2 Å². The summed E-state index contributed by atoms with van der Waals surface area (Å²) in [5.41, 5.74) is 1.34. The van der Waals surface area contributed by atoms with Crippen LogP contribution in [0.5, 0.6) is 5.75 Å². The van der Waals surface area contributed by atoms with Crippen LogP contribution < -0.4 is 10.1 Å². The summed E-state index contributed by atoms with van der Waals surface area (Å²) in [4.78, 5) is 2.61. The van der Waals surface area contributed by atoms with Gasteiger partial charge in [-0.05, 0) is 68.1 Å². The highest BCUT2D eigenvalue weighted by molar-refractivity contribution is 5.87. The molecule has 2 aliphatic rings. The second-order valence-electron chi connectivity index (χ2n) is 7.28. The number of piperidine rings is 1. The molecule has 0 radical (unpaired) electrons. The Kier molecular flexibility index (Phi) is 6.21. The van der Waals surface area contributed by atoms with Crippen LogP contribution in [0.2, 0.25) is 0 Å². The molecule has 2 heterocycles. The SMILES string of the molecule is COc1ccc2ccccc2c1CN1CCC(C2CCCN2)CC1.Cl. The average Bonchev–Trinajstić information content (AvgIpc) is 3.17. The van der Waals surface area contributed by atoms with Gasteiger partial charge in [-0.25, -0.2) is 0 Å². The number of nitrogens with one attached hydrogen (secondary N) is 1. The van der Waals surface area contributed by atoms with Crippen molar-refractivity contribution in [2.45, 2.75) is 38.3 Å². The molecule has 1 N–H and O–H groups in total. The van der Waals surface area contributed by atoms with E-state index in [0.717, 1.165) is 24.3 Å². The number of benzene rings is 2. The number of halogens is 1. The number of likely N-dealkylation sites (tertiary alicyclic amines) is 1. The lowest BCUT2D eigenvalue weighted by atomic mass is 9.88. The maximum atomic E-state index is 5.66. The van der Waals surface area contributed by atoms with Crippen LogP contribution in [0.15, 0.2) is 36.4 Å². The van der Waals surface area contributed by atoms with Gasteiger partial charge in [-0.15, -0.1) is 12.4 Å². The molecule has 0 aliphatic carbocycles. The summed E-state index contributed by atoms with van der Waals surface area (Å²) in [5, 5.41) is 6.33. The third-order valence-corrected chi connectivity index (χ3v) is 5.90. The summed E-state index contributed by atoms with van der Waals surface area (Å²) in [6.07, 6.45) is 5.38. The van der Waals surface area contributed by atoms with Crippen molar-refractivity contribution in [1.29, 1.82) is 0 Å². The Morgan fingerprint density at radius 3 is 2.60 bits per heavy atom. The van der Waals surface area contributed by atoms with Crippen molar-refractivity contribution in [2.75, 3.05) is 26.7 Å². The number of nitrogens with zero attached hydrogens (tertiary/aromatic N) is 1. The van der Waals surface area contributed by atoms with Gasteiger partial charge >= 0.3 is 0 Å². The lowest BCUT2D eigenvalue weighted by Gasteiger charge is -2.35. The molecule has 0 aromatic heterocycles. The Bertz CT molecular complexity index is 691. The van der Waals surface area contributed by atoms with Gasteiger partial charge in [-0.2, -0.15) is 0 Å². The van der Waals surface area contributed by atoms with Crippen molar-refractivity contribution in [3.8, 4) is 5.75 Å². The van der Waals surface area contributed by atoms with Crippen molar-refractivity contribution < 1.29 is 4.74 Å². The van der Waals surface area contributed by atoms with Crippen LogP contribution in [0.1, 0.15) is 31.2 Å². The molecule has 1 unspecified atom stereocenters. The molecular weight excluding hydrogens is 332 g/mol. The highest BCUT2D eigenvalue weighted by atomic mass is 35.5. The van der Waals surface area contributed by atoms with Crippen molar-refractivity contribution in [3.63, 3.8) is 0 Å². The maximum absolute atomic E-state index is 5.66. The Morgan fingerprint density at radius 2 is 1.88 bits per heavy atom. The molecule has 0 amide bonds. The lowest BCUT2D eigenvalue weighted by Crippen LogP contribution is -2.40. The van der Waals surface area contributed by atoms with Gasteiger partial charge in [0.2, 0.25) is 0 Å². The molecule has 2 aliphatic heterocycles. The summed E-state index contributed by atoms with van der Waals surface area (Å²) in [7, 11) is 1.78. The second-order valence-corrected chi connectivity index (χ2v) is 7.28. The van der Waals surface area contributed by atoms with Crippen molar-refractivity contribution in [1.82, 2.24) is 10.2 Å². The van der Waals surface area contributed by atoms with Crippen LogP contribution in [0, 0.1) is 5.92 Å².